The van der Waals surface area contributed by atoms with Crippen LogP contribution in [0.25, 0.3) is 0 Å². The summed E-state index contributed by atoms with van der Waals surface area (Å²) in [6.45, 7) is 6.50. The van der Waals surface area contributed by atoms with E-state index in [-0.39, 0.29) is 5.38 Å². The van der Waals surface area contributed by atoms with Crippen LogP contribution in [0.5, 0.6) is 0 Å². The summed E-state index contributed by atoms with van der Waals surface area (Å²) in [5.41, 5.74) is 1.29. The fraction of sp³-hybridized carbons (Fsp3) is 0.538. The van der Waals surface area contributed by atoms with Gasteiger partial charge < -0.3 is 0 Å². The highest BCUT2D eigenvalue weighted by Crippen LogP contribution is 2.32. The molecule has 0 heterocycles. The molecule has 2 unspecified atom stereocenters. The Morgan fingerprint density at radius 3 is 2.07 bits per heavy atom. The van der Waals surface area contributed by atoms with Crippen molar-refractivity contribution < 1.29 is 0 Å². The average molecular weight is 245 g/mol. The molecule has 0 spiro atoms. The van der Waals surface area contributed by atoms with Gasteiger partial charge in [-0.05, 0) is 30.0 Å². The van der Waals surface area contributed by atoms with Crippen LogP contribution in [0.15, 0.2) is 24.3 Å². The third-order valence-corrected chi connectivity index (χ3v) is 3.82. The summed E-state index contributed by atoms with van der Waals surface area (Å²) in [6.07, 6.45) is 1.06. The summed E-state index contributed by atoms with van der Waals surface area (Å²) >= 11 is 12.3. The predicted molar refractivity (Wildman–Crippen MR) is 69.0 cm³/mol. The van der Waals surface area contributed by atoms with Gasteiger partial charge in [0.05, 0.1) is 0 Å². The van der Waals surface area contributed by atoms with Gasteiger partial charge in [0.1, 0.15) is 0 Å². The van der Waals surface area contributed by atoms with Crippen LogP contribution in [0.1, 0.15) is 38.7 Å². The lowest BCUT2D eigenvalue weighted by atomic mass is 9.88. The second-order valence-electron chi connectivity index (χ2n) is 4.25. The van der Waals surface area contributed by atoms with E-state index in [4.69, 9.17) is 23.2 Å². The highest BCUT2D eigenvalue weighted by Gasteiger charge is 2.22. The number of alkyl halides is 1. The Balaban J connectivity index is 2.87. The van der Waals surface area contributed by atoms with Gasteiger partial charge in [0, 0.05) is 16.3 Å². The topological polar surface area (TPSA) is 0 Å². The lowest BCUT2D eigenvalue weighted by Crippen LogP contribution is -2.18. The van der Waals surface area contributed by atoms with E-state index in [2.05, 4.69) is 32.9 Å². The maximum Gasteiger partial charge on any atom is 0.0427 e. The van der Waals surface area contributed by atoms with Crippen LogP contribution in [-0.2, 0) is 0 Å². The van der Waals surface area contributed by atoms with Crippen LogP contribution in [0.3, 0.4) is 0 Å². The molecule has 1 rings (SSSR count). The van der Waals surface area contributed by atoms with Gasteiger partial charge in [0.25, 0.3) is 0 Å². The van der Waals surface area contributed by atoms with E-state index in [1.54, 1.807) is 0 Å². The summed E-state index contributed by atoms with van der Waals surface area (Å²) < 4.78 is 0. The highest BCUT2D eigenvalue weighted by atomic mass is 35.5. The Hall–Kier alpha value is -0.200. The van der Waals surface area contributed by atoms with Crippen LogP contribution in [0, 0.1) is 5.92 Å². The predicted octanol–water partition coefficient (Wildman–Crippen LogP) is 5.10. The largest absolute Gasteiger partial charge is 0.122 e. The molecule has 1 aromatic carbocycles. The first kappa shape index (κ1) is 12.9. The molecule has 0 aliphatic rings. The van der Waals surface area contributed by atoms with Crippen molar-refractivity contribution in [2.45, 2.75) is 38.5 Å². The van der Waals surface area contributed by atoms with E-state index in [1.807, 2.05) is 12.1 Å². The first-order valence-corrected chi connectivity index (χ1v) is 6.27. The number of hydrogen-bond acceptors (Lipinski definition) is 0. The first-order valence-electron chi connectivity index (χ1n) is 5.45. The standard InChI is InChI=1S/C13H18Cl2/c1-4-12(13(15)9(2)3)10-5-7-11(14)8-6-10/h5-9,12-13H,4H2,1-3H3. The molecule has 0 aromatic heterocycles. The van der Waals surface area contributed by atoms with Gasteiger partial charge in [-0.25, -0.2) is 0 Å². The van der Waals surface area contributed by atoms with E-state index in [1.165, 1.54) is 5.56 Å². The van der Waals surface area contributed by atoms with E-state index in [0.717, 1.165) is 11.4 Å². The second-order valence-corrected chi connectivity index (χ2v) is 5.20. The fourth-order valence-electron chi connectivity index (χ4n) is 1.82. The summed E-state index contributed by atoms with van der Waals surface area (Å²) in [5.74, 6) is 0.913. The zero-order chi connectivity index (χ0) is 11.4. The molecule has 0 N–H and O–H groups in total. The maximum absolute atomic E-state index is 6.42. The van der Waals surface area contributed by atoms with Gasteiger partial charge >= 0.3 is 0 Å². The molecule has 0 aliphatic heterocycles. The molecule has 0 bridgehead atoms. The normalized spacial score (nSPS) is 15.3. The quantitative estimate of drug-likeness (QED) is 0.647. The van der Waals surface area contributed by atoms with Crippen LogP contribution in [-0.4, -0.2) is 5.38 Å². The minimum absolute atomic E-state index is 0.191. The maximum atomic E-state index is 6.42. The minimum atomic E-state index is 0.191. The van der Waals surface area contributed by atoms with Crippen molar-refractivity contribution in [2.24, 2.45) is 5.92 Å². The monoisotopic (exact) mass is 244 g/mol. The third-order valence-electron chi connectivity index (χ3n) is 2.76. The van der Waals surface area contributed by atoms with Gasteiger partial charge in [0.2, 0.25) is 0 Å². The molecule has 84 valence electrons. The number of hydrogen-bond donors (Lipinski definition) is 0. The zero-order valence-corrected chi connectivity index (χ0v) is 11.0. The molecule has 1 aromatic rings. The summed E-state index contributed by atoms with van der Waals surface area (Å²) in [5, 5.41) is 0.973. The summed E-state index contributed by atoms with van der Waals surface area (Å²) in [6, 6.07) is 8.02. The number of benzene rings is 1. The smallest absolute Gasteiger partial charge is 0.0427 e. The van der Waals surface area contributed by atoms with Crippen molar-refractivity contribution in [3.63, 3.8) is 0 Å². The molecule has 0 saturated heterocycles. The molecular formula is C13H18Cl2. The zero-order valence-electron chi connectivity index (χ0n) is 9.50. The molecule has 0 saturated carbocycles. The van der Waals surface area contributed by atoms with Crippen molar-refractivity contribution >= 4 is 23.2 Å². The third kappa shape index (κ3) is 3.39. The number of halogens is 2. The lowest BCUT2D eigenvalue weighted by molar-refractivity contribution is 0.499. The molecule has 15 heavy (non-hydrogen) atoms. The molecule has 0 aliphatic carbocycles. The van der Waals surface area contributed by atoms with Gasteiger partial charge in [-0.1, -0.05) is 44.5 Å². The first-order chi connectivity index (χ1) is 7.06. The average Bonchev–Trinajstić information content (AvgIpc) is 2.21. The van der Waals surface area contributed by atoms with Crippen LogP contribution < -0.4 is 0 Å². The Labute approximate surface area is 103 Å². The van der Waals surface area contributed by atoms with Crippen molar-refractivity contribution in [3.05, 3.63) is 34.9 Å². The fourth-order valence-corrected chi connectivity index (χ4v) is 2.27. The molecule has 0 radical (unpaired) electrons. The van der Waals surface area contributed by atoms with Gasteiger partial charge in [-0.15, -0.1) is 11.6 Å². The van der Waals surface area contributed by atoms with Crippen molar-refractivity contribution in [3.8, 4) is 0 Å². The van der Waals surface area contributed by atoms with E-state index in [0.29, 0.717) is 11.8 Å². The molecular weight excluding hydrogens is 227 g/mol. The van der Waals surface area contributed by atoms with Crippen LogP contribution in [0.4, 0.5) is 0 Å². The summed E-state index contributed by atoms with van der Waals surface area (Å²) in [4.78, 5) is 0. The Morgan fingerprint density at radius 2 is 1.67 bits per heavy atom. The van der Waals surface area contributed by atoms with Crippen LogP contribution >= 0.6 is 23.2 Å². The molecule has 0 amide bonds. The van der Waals surface area contributed by atoms with E-state index >= 15 is 0 Å². The van der Waals surface area contributed by atoms with Crippen molar-refractivity contribution in [1.82, 2.24) is 0 Å². The summed E-state index contributed by atoms with van der Waals surface area (Å²) in [7, 11) is 0. The van der Waals surface area contributed by atoms with Crippen LogP contribution in [0.2, 0.25) is 5.02 Å². The minimum Gasteiger partial charge on any atom is -0.122 e. The van der Waals surface area contributed by atoms with E-state index in [9.17, 15) is 0 Å². The molecule has 2 heteroatoms. The molecule has 0 nitrogen and oxygen atoms in total. The number of rotatable bonds is 4. The molecule has 2 atom stereocenters. The highest BCUT2D eigenvalue weighted by molar-refractivity contribution is 6.30. The second kappa shape index (κ2) is 5.77. The van der Waals surface area contributed by atoms with Gasteiger partial charge in [-0.2, -0.15) is 0 Å². The van der Waals surface area contributed by atoms with Gasteiger partial charge in [-0.3, -0.25) is 0 Å². The Kier molecular flexibility index (Phi) is 4.95. The SMILES string of the molecule is CCC(c1ccc(Cl)cc1)C(Cl)C(C)C. The van der Waals surface area contributed by atoms with Crippen molar-refractivity contribution in [1.29, 1.82) is 0 Å². The Bertz CT molecular complexity index is 290. The molecule has 0 fully saturated rings. The van der Waals surface area contributed by atoms with Gasteiger partial charge in [0.15, 0.2) is 0 Å². The lowest BCUT2D eigenvalue weighted by Gasteiger charge is -2.24. The van der Waals surface area contributed by atoms with E-state index < -0.39 is 0 Å². The Morgan fingerprint density at radius 1 is 1.13 bits per heavy atom. The van der Waals surface area contributed by atoms with Crippen molar-refractivity contribution in [2.75, 3.05) is 0 Å².